The summed E-state index contributed by atoms with van der Waals surface area (Å²) in [6.45, 7) is 6.61. The number of hydrogen-bond donors (Lipinski definition) is 2. The fourth-order valence-corrected chi connectivity index (χ4v) is 0.850. The highest BCUT2D eigenvalue weighted by Crippen LogP contribution is 2.21. The van der Waals surface area contributed by atoms with Crippen LogP contribution in [0.25, 0.3) is 0 Å². The summed E-state index contributed by atoms with van der Waals surface area (Å²) in [7, 11) is 1.81. The zero-order valence-electron chi connectivity index (χ0n) is 8.18. The Morgan fingerprint density at radius 3 is 2.33 bits per heavy atom. The van der Waals surface area contributed by atoms with Crippen LogP contribution in [0.4, 0.5) is 4.79 Å². The van der Waals surface area contributed by atoms with Crippen LogP contribution in [-0.2, 0) is 4.74 Å². The Balaban J connectivity index is 4.13. The number of carbonyl (C=O) groups excluding carboxylic acids is 1. The smallest absolute Gasteiger partial charge is 0.404 e. The Bertz CT molecular complexity index is 152. The van der Waals surface area contributed by atoms with Gasteiger partial charge < -0.3 is 15.8 Å². The minimum absolute atomic E-state index is 0.0853. The molecule has 0 spiro atoms. The van der Waals surface area contributed by atoms with Gasteiger partial charge in [-0.05, 0) is 7.05 Å². The molecule has 0 saturated heterocycles. The quantitative estimate of drug-likeness (QED) is 0.662. The van der Waals surface area contributed by atoms with Crippen LogP contribution in [0.3, 0.4) is 0 Å². The first-order chi connectivity index (χ1) is 5.38. The second-order valence-electron chi connectivity index (χ2n) is 3.85. The SMILES string of the molecule is CNCC(OC(N)=O)C(C)(C)C. The maximum Gasteiger partial charge on any atom is 0.404 e. The molecule has 0 fully saturated rings. The van der Waals surface area contributed by atoms with Crippen molar-refractivity contribution in [2.45, 2.75) is 26.9 Å². The molecule has 1 amide bonds. The number of primary amides is 1. The average Bonchev–Trinajstić information content (AvgIpc) is 1.83. The van der Waals surface area contributed by atoms with Crippen LogP contribution >= 0.6 is 0 Å². The van der Waals surface area contributed by atoms with E-state index < -0.39 is 6.09 Å². The van der Waals surface area contributed by atoms with E-state index in [0.717, 1.165) is 0 Å². The van der Waals surface area contributed by atoms with Gasteiger partial charge in [0.25, 0.3) is 0 Å². The third-order valence-corrected chi connectivity index (χ3v) is 1.61. The molecule has 4 heteroatoms. The van der Waals surface area contributed by atoms with Crippen molar-refractivity contribution in [1.82, 2.24) is 5.32 Å². The Hall–Kier alpha value is -0.770. The molecule has 0 rings (SSSR count). The summed E-state index contributed by atoms with van der Waals surface area (Å²) in [4.78, 5) is 10.5. The first kappa shape index (κ1) is 11.2. The van der Waals surface area contributed by atoms with Gasteiger partial charge in [0.1, 0.15) is 6.10 Å². The van der Waals surface area contributed by atoms with Gasteiger partial charge in [-0.25, -0.2) is 4.79 Å². The van der Waals surface area contributed by atoms with E-state index in [2.05, 4.69) is 5.32 Å². The lowest BCUT2D eigenvalue weighted by molar-refractivity contribution is 0.0386. The molecule has 0 aromatic heterocycles. The number of hydrogen-bond acceptors (Lipinski definition) is 3. The minimum atomic E-state index is -0.717. The third-order valence-electron chi connectivity index (χ3n) is 1.61. The summed E-state index contributed by atoms with van der Waals surface area (Å²) >= 11 is 0. The summed E-state index contributed by atoms with van der Waals surface area (Å²) in [5.74, 6) is 0. The van der Waals surface area contributed by atoms with Crippen molar-refractivity contribution in [2.24, 2.45) is 11.1 Å². The van der Waals surface area contributed by atoms with Crippen LogP contribution in [0, 0.1) is 5.41 Å². The first-order valence-corrected chi connectivity index (χ1v) is 3.98. The number of amides is 1. The van der Waals surface area contributed by atoms with Gasteiger partial charge in [0.2, 0.25) is 0 Å². The summed E-state index contributed by atoms with van der Waals surface area (Å²) < 4.78 is 4.93. The molecule has 0 heterocycles. The monoisotopic (exact) mass is 174 g/mol. The third kappa shape index (κ3) is 4.18. The summed E-state index contributed by atoms with van der Waals surface area (Å²) in [6, 6.07) is 0. The molecule has 0 aliphatic carbocycles. The van der Waals surface area contributed by atoms with Gasteiger partial charge >= 0.3 is 6.09 Å². The predicted octanol–water partition coefficient (Wildman–Crippen LogP) is 0.716. The van der Waals surface area contributed by atoms with E-state index in [9.17, 15) is 4.79 Å². The van der Waals surface area contributed by atoms with E-state index in [1.54, 1.807) is 0 Å². The standard InChI is InChI=1S/C8H18N2O2/c1-8(2,3)6(5-10-4)12-7(9)11/h6,10H,5H2,1-4H3,(H2,9,11). The predicted molar refractivity (Wildman–Crippen MR) is 47.8 cm³/mol. The van der Waals surface area contributed by atoms with Gasteiger partial charge in [-0.3, -0.25) is 0 Å². The van der Waals surface area contributed by atoms with E-state index in [-0.39, 0.29) is 11.5 Å². The molecule has 0 aliphatic rings. The Labute approximate surface area is 73.5 Å². The molecule has 4 nitrogen and oxygen atoms in total. The fraction of sp³-hybridized carbons (Fsp3) is 0.875. The molecular formula is C8H18N2O2. The summed E-state index contributed by atoms with van der Waals surface area (Å²) in [5, 5.41) is 2.95. The highest BCUT2D eigenvalue weighted by atomic mass is 16.6. The highest BCUT2D eigenvalue weighted by molar-refractivity contribution is 5.64. The zero-order chi connectivity index (χ0) is 9.78. The Kier molecular flexibility index (Phi) is 4.03. The molecule has 1 atom stereocenters. The molecule has 0 aliphatic heterocycles. The van der Waals surface area contributed by atoms with Crippen LogP contribution in [0.15, 0.2) is 0 Å². The number of likely N-dealkylation sites (N-methyl/N-ethyl adjacent to an activating group) is 1. The van der Waals surface area contributed by atoms with Gasteiger partial charge in [0.05, 0.1) is 0 Å². The molecule has 0 aromatic carbocycles. The Morgan fingerprint density at radius 2 is 2.08 bits per heavy atom. The van der Waals surface area contributed by atoms with Crippen LogP contribution in [0.2, 0.25) is 0 Å². The van der Waals surface area contributed by atoms with E-state index in [1.165, 1.54) is 0 Å². The number of nitrogens with one attached hydrogen (secondary N) is 1. The van der Waals surface area contributed by atoms with E-state index in [0.29, 0.717) is 6.54 Å². The first-order valence-electron chi connectivity index (χ1n) is 3.98. The van der Waals surface area contributed by atoms with Gasteiger partial charge in [-0.2, -0.15) is 0 Å². The number of nitrogens with two attached hydrogens (primary N) is 1. The lowest BCUT2D eigenvalue weighted by Gasteiger charge is -2.29. The topological polar surface area (TPSA) is 64.3 Å². The second kappa shape index (κ2) is 4.30. The molecule has 0 saturated carbocycles. The summed E-state index contributed by atoms with van der Waals surface area (Å²) in [6.07, 6.45) is -0.898. The van der Waals surface area contributed by atoms with Crippen molar-refractivity contribution in [1.29, 1.82) is 0 Å². The molecule has 0 aromatic rings. The van der Waals surface area contributed by atoms with Crippen molar-refractivity contribution in [3.63, 3.8) is 0 Å². The molecular weight excluding hydrogens is 156 g/mol. The fourth-order valence-electron chi connectivity index (χ4n) is 0.850. The second-order valence-corrected chi connectivity index (χ2v) is 3.85. The number of ether oxygens (including phenoxy) is 1. The van der Waals surface area contributed by atoms with Crippen LogP contribution in [0.5, 0.6) is 0 Å². The molecule has 72 valence electrons. The van der Waals surface area contributed by atoms with Gasteiger partial charge in [-0.15, -0.1) is 0 Å². The minimum Gasteiger partial charge on any atom is -0.444 e. The van der Waals surface area contributed by atoms with Crippen molar-refractivity contribution >= 4 is 6.09 Å². The lowest BCUT2D eigenvalue weighted by Crippen LogP contribution is -2.40. The maximum absolute atomic E-state index is 10.5. The van der Waals surface area contributed by atoms with Crippen molar-refractivity contribution in [2.75, 3.05) is 13.6 Å². The number of carbonyl (C=O) groups is 1. The van der Waals surface area contributed by atoms with E-state index in [1.807, 2.05) is 27.8 Å². The average molecular weight is 174 g/mol. The normalized spacial score (nSPS) is 14.0. The molecule has 1 unspecified atom stereocenters. The molecule has 3 N–H and O–H groups in total. The largest absolute Gasteiger partial charge is 0.444 e. The van der Waals surface area contributed by atoms with E-state index >= 15 is 0 Å². The van der Waals surface area contributed by atoms with E-state index in [4.69, 9.17) is 10.5 Å². The van der Waals surface area contributed by atoms with Crippen molar-refractivity contribution in [3.8, 4) is 0 Å². The van der Waals surface area contributed by atoms with Gasteiger partial charge in [0.15, 0.2) is 0 Å². The molecule has 0 bridgehead atoms. The van der Waals surface area contributed by atoms with Crippen molar-refractivity contribution in [3.05, 3.63) is 0 Å². The van der Waals surface area contributed by atoms with Crippen molar-refractivity contribution < 1.29 is 9.53 Å². The molecule has 0 radical (unpaired) electrons. The Morgan fingerprint density at radius 1 is 1.58 bits per heavy atom. The lowest BCUT2D eigenvalue weighted by atomic mass is 9.89. The zero-order valence-corrected chi connectivity index (χ0v) is 8.18. The number of rotatable bonds is 3. The summed E-state index contributed by atoms with van der Waals surface area (Å²) in [5.41, 5.74) is 4.85. The van der Waals surface area contributed by atoms with Gasteiger partial charge in [0, 0.05) is 12.0 Å². The van der Waals surface area contributed by atoms with Gasteiger partial charge in [-0.1, -0.05) is 20.8 Å². The highest BCUT2D eigenvalue weighted by Gasteiger charge is 2.26. The van der Waals surface area contributed by atoms with Crippen LogP contribution in [-0.4, -0.2) is 25.8 Å². The maximum atomic E-state index is 10.5. The van der Waals surface area contributed by atoms with Crippen LogP contribution < -0.4 is 11.1 Å². The molecule has 12 heavy (non-hydrogen) atoms. The van der Waals surface area contributed by atoms with Crippen LogP contribution in [0.1, 0.15) is 20.8 Å².